The van der Waals surface area contributed by atoms with E-state index in [0.717, 1.165) is 11.3 Å². The predicted octanol–water partition coefficient (Wildman–Crippen LogP) is 2.88. The van der Waals surface area contributed by atoms with Gasteiger partial charge >= 0.3 is 6.03 Å². The number of nitrogens with zero attached hydrogens (tertiary/aromatic N) is 1. The molecular formula is C17H16N2O3. The molecule has 0 aliphatic carbocycles. The average Bonchev–Trinajstić information content (AvgIpc) is 2.84. The molecule has 1 N–H and O–H groups in total. The molecule has 1 atom stereocenters. The van der Waals surface area contributed by atoms with E-state index >= 15 is 0 Å². The summed E-state index contributed by atoms with van der Waals surface area (Å²) in [5.74, 6) is 0.415. The highest BCUT2D eigenvalue weighted by Gasteiger charge is 2.40. The molecule has 112 valence electrons. The highest BCUT2D eigenvalue weighted by Crippen LogP contribution is 2.32. The van der Waals surface area contributed by atoms with E-state index in [-0.39, 0.29) is 5.91 Å². The highest BCUT2D eigenvalue weighted by atomic mass is 16.5. The van der Waals surface area contributed by atoms with E-state index < -0.39 is 12.1 Å². The summed E-state index contributed by atoms with van der Waals surface area (Å²) in [6.07, 6.45) is 0. The maximum absolute atomic E-state index is 12.1. The van der Waals surface area contributed by atoms with Crippen molar-refractivity contribution in [2.75, 3.05) is 11.5 Å². The number of amides is 3. The summed E-state index contributed by atoms with van der Waals surface area (Å²) in [5.41, 5.74) is 1.43. The molecular weight excluding hydrogens is 280 g/mol. The van der Waals surface area contributed by atoms with E-state index in [1.54, 1.807) is 24.3 Å². The van der Waals surface area contributed by atoms with Crippen LogP contribution in [0.4, 0.5) is 10.5 Å². The fourth-order valence-electron chi connectivity index (χ4n) is 2.54. The van der Waals surface area contributed by atoms with Crippen molar-refractivity contribution < 1.29 is 14.3 Å². The molecule has 0 spiro atoms. The number of urea groups is 1. The van der Waals surface area contributed by atoms with Crippen LogP contribution in [0.2, 0.25) is 0 Å². The number of ether oxygens (including phenoxy) is 1. The number of nitrogens with one attached hydrogen (secondary N) is 1. The monoisotopic (exact) mass is 296 g/mol. The Kier molecular flexibility index (Phi) is 3.78. The van der Waals surface area contributed by atoms with E-state index in [4.69, 9.17) is 4.74 Å². The van der Waals surface area contributed by atoms with Crippen LogP contribution >= 0.6 is 0 Å². The van der Waals surface area contributed by atoms with Gasteiger partial charge in [0.25, 0.3) is 5.91 Å². The van der Waals surface area contributed by atoms with Crippen molar-refractivity contribution in [3.63, 3.8) is 0 Å². The molecule has 1 unspecified atom stereocenters. The summed E-state index contributed by atoms with van der Waals surface area (Å²) in [5, 5.41) is 2.37. The predicted molar refractivity (Wildman–Crippen MR) is 82.8 cm³/mol. The summed E-state index contributed by atoms with van der Waals surface area (Å²) in [6.45, 7) is 2.49. The van der Waals surface area contributed by atoms with Crippen molar-refractivity contribution >= 4 is 17.6 Å². The first-order valence-electron chi connectivity index (χ1n) is 7.12. The Morgan fingerprint density at radius 2 is 1.73 bits per heavy atom. The van der Waals surface area contributed by atoms with Gasteiger partial charge in [-0.3, -0.25) is 15.0 Å². The van der Waals surface area contributed by atoms with Crippen molar-refractivity contribution in [3.8, 4) is 5.75 Å². The molecule has 22 heavy (non-hydrogen) atoms. The second-order valence-electron chi connectivity index (χ2n) is 4.90. The van der Waals surface area contributed by atoms with E-state index in [2.05, 4.69) is 5.32 Å². The highest BCUT2D eigenvalue weighted by molar-refractivity contribution is 6.14. The molecule has 1 saturated heterocycles. The van der Waals surface area contributed by atoms with Crippen molar-refractivity contribution in [1.29, 1.82) is 0 Å². The molecule has 1 heterocycles. The normalized spacial score (nSPS) is 17.5. The van der Waals surface area contributed by atoms with Gasteiger partial charge in [-0.15, -0.1) is 0 Å². The molecule has 0 aromatic heterocycles. The number of imide groups is 1. The Morgan fingerprint density at radius 3 is 2.36 bits per heavy atom. The lowest BCUT2D eigenvalue weighted by atomic mass is 10.1. The van der Waals surface area contributed by atoms with Crippen molar-refractivity contribution in [2.45, 2.75) is 13.0 Å². The second-order valence-corrected chi connectivity index (χ2v) is 4.90. The van der Waals surface area contributed by atoms with Gasteiger partial charge < -0.3 is 4.74 Å². The van der Waals surface area contributed by atoms with Crippen LogP contribution in [0.25, 0.3) is 0 Å². The van der Waals surface area contributed by atoms with Crippen LogP contribution in [0.1, 0.15) is 18.5 Å². The van der Waals surface area contributed by atoms with Gasteiger partial charge in [0.2, 0.25) is 0 Å². The number of hydrogen-bond acceptors (Lipinski definition) is 3. The molecule has 0 bridgehead atoms. The number of rotatable bonds is 4. The van der Waals surface area contributed by atoms with Crippen LogP contribution in [0.3, 0.4) is 0 Å². The largest absolute Gasteiger partial charge is 0.494 e. The summed E-state index contributed by atoms with van der Waals surface area (Å²) in [7, 11) is 0. The van der Waals surface area contributed by atoms with Crippen molar-refractivity contribution in [2.24, 2.45) is 0 Å². The van der Waals surface area contributed by atoms with Gasteiger partial charge in [-0.2, -0.15) is 0 Å². The molecule has 2 aromatic carbocycles. The van der Waals surface area contributed by atoms with Gasteiger partial charge in [-0.25, -0.2) is 4.79 Å². The fourth-order valence-corrected chi connectivity index (χ4v) is 2.54. The number of hydrogen-bond donors (Lipinski definition) is 1. The second kappa shape index (κ2) is 5.89. The summed E-state index contributed by atoms with van der Waals surface area (Å²) in [6, 6.07) is 15.3. The molecule has 3 amide bonds. The zero-order valence-electron chi connectivity index (χ0n) is 12.2. The minimum atomic E-state index is -0.647. The standard InChI is InChI=1S/C17H16N2O3/c1-2-22-14-10-8-13(9-11-14)19-15(16(20)18-17(19)21)12-6-4-3-5-7-12/h3-11,15H,2H2,1H3,(H,18,20,21). The van der Waals surface area contributed by atoms with Crippen molar-refractivity contribution in [1.82, 2.24) is 5.32 Å². The lowest BCUT2D eigenvalue weighted by molar-refractivity contribution is -0.119. The first-order valence-corrected chi connectivity index (χ1v) is 7.12. The summed E-state index contributed by atoms with van der Waals surface area (Å²) < 4.78 is 5.40. The molecule has 3 rings (SSSR count). The quantitative estimate of drug-likeness (QED) is 0.883. The lowest BCUT2D eigenvalue weighted by Gasteiger charge is -2.22. The Hall–Kier alpha value is -2.82. The van der Waals surface area contributed by atoms with Gasteiger partial charge in [0, 0.05) is 5.69 Å². The zero-order valence-corrected chi connectivity index (χ0v) is 12.2. The van der Waals surface area contributed by atoms with E-state index in [9.17, 15) is 9.59 Å². The molecule has 2 aromatic rings. The van der Waals surface area contributed by atoms with Gasteiger partial charge in [0.1, 0.15) is 11.8 Å². The maximum Gasteiger partial charge on any atom is 0.329 e. The third-order valence-electron chi connectivity index (χ3n) is 3.50. The Morgan fingerprint density at radius 1 is 1.05 bits per heavy atom. The molecule has 0 radical (unpaired) electrons. The first kappa shape index (κ1) is 14.1. The molecule has 5 heteroatoms. The number of anilines is 1. The maximum atomic E-state index is 12.1. The summed E-state index contributed by atoms with van der Waals surface area (Å²) in [4.78, 5) is 25.7. The van der Waals surface area contributed by atoms with Crippen LogP contribution < -0.4 is 15.0 Å². The first-order chi connectivity index (χ1) is 10.7. The van der Waals surface area contributed by atoms with Gasteiger partial charge in [0.05, 0.1) is 6.61 Å². The third-order valence-corrected chi connectivity index (χ3v) is 3.50. The van der Waals surface area contributed by atoms with E-state index in [1.165, 1.54) is 4.90 Å². The number of carbonyl (C=O) groups is 2. The Bertz CT molecular complexity index is 683. The van der Waals surface area contributed by atoms with Gasteiger partial charge in [-0.05, 0) is 36.8 Å². The van der Waals surface area contributed by atoms with E-state index in [1.807, 2.05) is 37.3 Å². The molecule has 5 nitrogen and oxygen atoms in total. The van der Waals surface area contributed by atoms with Crippen molar-refractivity contribution in [3.05, 3.63) is 60.2 Å². The summed E-state index contributed by atoms with van der Waals surface area (Å²) >= 11 is 0. The SMILES string of the molecule is CCOc1ccc(N2C(=O)NC(=O)C2c2ccccc2)cc1. The van der Waals surface area contributed by atoms with Crippen LogP contribution in [-0.2, 0) is 4.79 Å². The minimum absolute atomic E-state index is 0.315. The Labute approximate surface area is 128 Å². The molecule has 1 fully saturated rings. The third kappa shape index (κ3) is 2.53. The zero-order chi connectivity index (χ0) is 15.5. The van der Waals surface area contributed by atoms with Crippen LogP contribution in [0.15, 0.2) is 54.6 Å². The molecule has 0 saturated carbocycles. The number of benzene rings is 2. The molecule has 1 aliphatic heterocycles. The Balaban J connectivity index is 1.95. The van der Waals surface area contributed by atoms with E-state index in [0.29, 0.717) is 12.3 Å². The average molecular weight is 296 g/mol. The van der Waals surface area contributed by atoms with Crippen LogP contribution in [0, 0.1) is 0 Å². The van der Waals surface area contributed by atoms with Crippen LogP contribution in [0.5, 0.6) is 5.75 Å². The molecule has 1 aliphatic rings. The smallest absolute Gasteiger partial charge is 0.329 e. The topological polar surface area (TPSA) is 58.6 Å². The minimum Gasteiger partial charge on any atom is -0.494 e. The van der Waals surface area contributed by atoms with Gasteiger partial charge in [0.15, 0.2) is 0 Å². The number of carbonyl (C=O) groups excluding carboxylic acids is 2. The fraction of sp³-hybridized carbons (Fsp3) is 0.176. The van der Waals surface area contributed by atoms with Gasteiger partial charge in [-0.1, -0.05) is 30.3 Å². The van der Waals surface area contributed by atoms with Crippen LogP contribution in [-0.4, -0.2) is 18.5 Å². The lowest BCUT2D eigenvalue weighted by Crippen LogP contribution is -2.29.